The van der Waals surface area contributed by atoms with Crippen molar-refractivity contribution in [3.8, 4) is 0 Å². The number of amides is 1. The van der Waals surface area contributed by atoms with Crippen LogP contribution in [0.15, 0.2) is 23.8 Å². The summed E-state index contributed by atoms with van der Waals surface area (Å²) in [6, 6.07) is 2.00. The van der Waals surface area contributed by atoms with Crippen LogP contribution in [0.4, 0.5) is 5.82 Å². The van der Waals surface area contributed by atoms with E-state index in [1.54, 1.807) is 30.8 Å². The third-order valence-corrected chi connectivity index (χ3v) is 5.29. The van der Waals surface area contributed by atoms with E-state index >= 15 is 0 Å². The lowest BCUT2D eigenvalue weighted by molar-refractivity contribution is -0.0245. The molecule has 0 aromatic carbocycles. The Morgan fingerprint density at radius 1 is 1.42 bits per heavy atom. The van der Waals surface area contributed by atoms with Gasteiger partial charge in [-0.05, 0) is 12.0 Å². The Bertz CT molecular complexity index is 716. The van der Waals surface area contributed by atoms with Gasteiger partial charge in [0.1, 0.15) is 17.6 Å². The number of ether oxygens (including phenoxy) is 1. The molecule has 1 N–H and O–H groups in total. The minimum atomic E-state index is -0.262. The summed E-state index contributed by atoms with van der Waals surface area (Å²) >= 11 is 1.64. The Kier molecular flexibility index (Phi) is 5.11. The van der Waals surface area contributed by atoms with E-state index < -0.39 is 0 Å². The molecule has 128 valence electrons. The summed E-state index contributed by atoms with van der Waals surface area (Å²) in [5.74, 6) is 1.18. The number of nitrogens with zero attached hydrogens (tertiary/aromatic N) is 3. The first kappa shape index (κ1) is 16.9. The second-order valence-corrected chi connectivity index (χ2v) is 6.99. The molecule has 1 aliphatic rings. The quantitative estimate of drug-likeness (QED) is 0.922. The number of nitrogens with one attached hydrogen (secondary N) is 1. The summed E-state index contributed by atoms with van der Waals surface area (Å²) in [4.78, 5) is 24.5. The van der Waals surface area contributed by atoms with Gasteiger partial charge in [-0.2, -0.15) is 0 Å². The molecule has 1 fully saturated rings. The lowest BCUT2D eigenvalue weighted by atomic mass is 10.1. The number of hydrogen-bond donors (Lipinski definition) is 1. The number of carbonyl (C=O) groups excluding carboxylic acids is 1. The van der Waals surface area contributed by atoms with Gasteiger partial charge in [0.05, 0.1) is 18.7 Å². The topological polar surface area (TPSA) is 67.4 Å². The van der Waals surface area contributed by atoms with Crippen LogP contribution in [0.5, 0.6) is 0 Å². The number of morpholine rings is 1. The zero-order valence-electron chi connectivity index (χ0n) is 14.2. The van der Waals surface area contributed by atoms with Crippen molar-refractivity contribution in [2.45, 2.75) is 25.9 Å². The summed E-state index contributed by atoms with van der Waals surface area (Å²) in [7, 11) is 1.80. The molecule has 6 nitrogen and oxygen atoms in total. The lowest BCUT2D eigenvalue weighted by Gasteiger charge is -2.33. The molecule has 1 atom stereocenters. The maximum absolute atomic E-state index is 12.8. The van der Waals surface area contributed by atoms with E-state index in [0.29, 0.717) is 31.4 Å². The van der Waals surface area contributed by atoms with Gasteiger partial charge in [0.15, 0.2) is 0 Å². The third kappa shape index (κ3) is 3.42. The van der Waals surface area contributed by atoms with Crippen LogP contribution in [0.2, 0.25) is 0 Å². The fraction of sp³-hybridized carbons (Fsp3) is 0.471. The van der Waals surface area contributed by atoms with Gasteiger partial charge in [0.25, 0.3) is 5.91 Å². The third-order valence-electron chi connectivity index (χ3n) is 4.06. The maximum Gasteiger partial charge on any atom is 0.254 e. The number of anilines is 1. The van der Waals surface area contributed by atoms with Crippen LogP contribution < -0.4 is 5.32 Å². The van der Waals surface area contributed by atoms with Crippen molar-refractivity contribution in [2.24, 2.45) is 0 Å². The normalized spacial score (nSPS) is 18.0. The Balaban J connectivity index is 1.76. The molecule has 7 heteroatoms. The zero-order valence-corrected chi connectivity index (χ0v) is 15.0. The zero-order chi connectivity index (χ0) is 17.1. The molecule has 24 heavy (non-hydrogen) atoms. The van der Waals surface area contributed by atoms with Crippen molar-refractivity contribution in [2.75, 3.05) is 32.1 Å². The van der Waals surface area contributed by atoms with Crippen LogP contribution in [0, 0.1) is 0 Å². The highest BCUT2D eigenvalue weighted by Crippen LogP contribution is 2.28. The van der Waals surface area contributed by atoms with Gasteiger partial charge in [-0.3, -0.25) is 9.78 Å². The monoisotopic (exact) mass is 346 g/mol. The van der Waals surface area contributed by atoms with Gasteiger partial charge in [-0.25, -0.2) is 4.98 Å². The first-order valence-corrected chi connectivity index (χ1v) is 8.96. The van der Waals surface area contributed by atoms with Crippen molar-refractivity contribution in [1.29, 1.82) is 0 Å². The van der Waals surface area contributed by atoms with Crippen molar-refractivity contribution in [3.63, 3.8) is 0 Å². The largest absolute Gasteiger partial charge is 0.372 e. The van der Waals surface area contributed by atoms with Crippen LogP contribution in [0.3, 0.4) is 0 Å². The fourth-order valence-electron chi connectivity index (χ4n) is 2.73. The smallest absolute Gasteiger partial charge is 0.254 e. The first-order chi connectivity index (χ1) is 11.6. The highest BCUT2D eigenvalue weighted by atomic mass is 32.1. The maximum atomic E-state index is 12.8. The highest BCUT2D eigenvalue weighted by molar-refractivity contribution is 7.10. The summed E-state index contributed by atoms with van der Waals surface area (Å²) in [5, 5.41) is 4.98. The minimum Gasteiger partial charge on any atom is -0.372 e. The van der Waals surface area contributed by atoms with Crippen LogP contribution in [0.25, 0.3) is 0 Å². The fourth-order valence-corrected chi connectivity index (χ4v) is 3.63. The molecule has 1 saturated heterocycles. The number of thiophene rings is 1. The van der Waals surface area contributed by atoms with Crippen molar-refractivity contribution < 1.29 is 9.53 Å². The Labute approximate surface area is 145 Å². The van der Waals surface area contributed by atoms with E-state index in [1.165, 1.54) is 4.88 Å². The first-order valence-electron chi connectivity index (χ1n) is 8.08. The van der Waals surface area contributed by atoms with E-state index in [1.807, 2.05) is 16.3 Å². The van der Waals surface area contributed by atoms with Gasteiger partial charge in [0.2, 0.25) is 0 Å². The number of aromatic nitrogens is 2. The standard InChI is InChI=1S/C17H22N4O2S/c1-11(2)14-8-12(10-24-14)17(22)21-6-7-23-13(9-21)15-16(18-3)20-5-4-19-15/h4-5,8,10-11,13H,6-7,9H2,1-3H3,(H,18,20). The molecule has 0 saturated carbocycles. The molecule has 0 radical (unpaired) electrons. The molecule has 2 aromatic heterocycles. The molecule has 3 rings (SSSR count). The van der Waals surface area contributed by atoms with Crippen LogP contribution >= 0.6 is 11.3 Å². The predicted octanol–water partition coefficient (Wildman–Crippen LogP) is 2.92. The molecule has 0 bridgehead atoms. The molecule has 1 aliphatic heterocycles. The van der Waals surface area contributed by atoms with Crippen LogP contribution in [0.1, 0.15) is 46.8 Å². The van der Waals surface area contributed by atoms with Gasteiger partial charge in [-0.1, -0.05) is 13.8 Å². The van der Waals surface area contributed by atoms with Crippen molar-refractivity contribution in [3.05, 3.63) is 40.0 Å². The van der Waals surface area contributed by atoms with Crippen LogP contribution in [-0.4, -0.2) is 47.5 Å². The highest BCUT2D eigenvalue weighted by Gasteiger charge is 2.29. The molecular formula is C17H22N4O2S. The van der Waals surface area contributed by atoms with E-state index in [0.717, 1.165) is 11.3 Å². The number of hydrogen-bond acceptors (Lipinski definition) is 6. The van der Waals surface area contributed by atoms with E-state index in [4.69, 9.17) is 4.74 Å². The van der Waals surface area contributed by atoms with Crippen molar-refractivity contribution in [1.82, 2.24) is 14.9 Å². The summed E-state index contributed by atoms with van der Waals surface area (Å²) in [6.45, 7) is 5.85. The minimum absolute atomic E-state index is 0.0568. The summed E-state index contributed by atoms with van der Waals surface area (Å²) in [6.07, 6.45) is 3.02. The SMILES string of the molecule is CNc1nccnc1C1CN(C(=O)c2csc(C(C)C)c2)CCO1. The Morgan fingerprint density at radius 2 is 2.21 bits per heavy atom. The predicted molar refractivity (Wildman–Crippen MR) is 94.6 cm³/mol. The van der Waals surface area contributed by atoms with E-state index in [2.05, 4.69) is 29.1 Å². The summed E-state index contributed by atoms with van der Waals surface area (Å²) < 4.78 is 5.83. The molecule has 2 aromatic rings. The Morgan fingerprint density at radius 3 is 2.92 bits per heavy atom. The van der Waals surface area contributed by atoms with Gasteiger partial charge in [0, 0.05) is 36.2 Å². The molecule has 0 spiro atoms. The van der Waals surface area contributed by atoms with Gasteiger partial charge < -0.3 is 15.0 Å². The molecule has 1 amide bonds. The van der Waals surface area contributed by atoms with Crippen molar-refractivity contribution >= 4 is 23.1 Å². The molecule has 3 heterocycles. The average Bonchev–Trinajstić information content (AvgIpc) is 3.11. The Hall–Kier alpha value is -1.99. The molecule has 0 aliphatic carbocycles. The van der Waals surface area contributed by atoms with Gasteiger partial charge in [-0.15, -0.1) is 11.3 Å². The second-order valence-electron chi connectivity index (χ2n) is 6.04. The number of rotatable bonds is 4. The average molecular weight is 346 g/mol. The second kappa shape index (κ2) is 7.27. The van der Waals surface area contributed by atoms with Crippen LogP contribution in [-0.2, 0) is 4.74 Å². The summed E-state index contributed by atoms with van der Waals surface area (Å²) in [5.41, 5.74) is 1.50. The number of carbonyl (C=O) groups is 1. The van der Waals surface area contributed by atoms with E-state index in [-0.39, 0.29) is 12.0 Å². The van der Waals surface area contributed by atoms with E-state index in [9.17, 15) is 4.79 Å². The molecule has 1 unspecified atom stereocenters. The van der Waals surface area contributed by atoms with Gasteiger partial charge >= 0.3 is 0 Å². The molecular weight excluding hydrogens is 324 g/mol. The lowest BCUT2D eigenvalue weighted by Crippen LogP contribution is -2.42.